The predicted molar refractivity (Wildman–Crippen MR) is 123 cm³/mol. The number of Topliss-reactive ketones (excluding diaryl/α,β-unsaturated/α-hetero) is 1. The maximum atomic E-state index is 13.4. The number of carbonyl (C=O) groups excluding carboxylic acids is 2. The predicted octanol–water partition coefficient (Wildman–Crippen LogP) is 4.89. The zero-order chi connectivity index (χ0) is 22.8. The molecule has 0 aromatic heterocycles. The third-order valence-corrected chi connectivity index (χ3v) is 6.20. The number of aliphatic hydroxyl groups is 1. The number of alkyl carbamates (subject to hydrolysis) is 1. The first-order valence-corrected chi connectivity index (χ1v) is 11.1. The summed E-state index contributed by atoms with van der Waals surface area (Å²) in [5.74, 6) is 0.184. The Kier molecular flexibility index (Phi) is 6.75. The molecular formula is C26H35NO4. The Balaban J connectivity index is 1.79. The Hall–Kier alpha value is -2.40. The molecule has 168 valence electrons. The lowest BCUT2D eigenvalue weighted by Gasteiger charge is -2.26. The van der Waals surface area contributed by atoms with E-state index in [4.69, 9.17) is 4.74 Å². The van der Waals surface area contributed by atoms with Crippen LogP contribution < -0.4 is 5.32 Å². The number of hydrogen-bond donors (Lipinski definition) is 2. The molecule has 1 amide bonds. The average Bonchev–Trinajstić information content (AvgIpc) is 3.47. The first kappa shape index (κ1) is 23.3. The molecule has 3 rings (SSSR count). The summed E-state index contributed by atoms with van der Waals surface area (Å²) in [6.45, 7) is 9.73. The van der Waals surface area contributed by atoms with E-state index in [-0.39, 0.29) is 29.6 Å². The molecule has 0 bridgehead atoms. The number of aliphatic hydroxyl groups excluding tert-OH is 1. The van der Waals surface area contributed by atoms with Crippen molar-refractivity contribution in [2.24, 2.45) is 17.3 Å². The van der Waals surface area contributed by atoms with Crippen molar-refractivity contribution >= 4 is 22.6 Å². The van der Waals surface area contributed by atoms with Crippen LogP contribution >= 0.6 is 0 Å². The highest BCUT2D eigenvalue weighted by atomic mass is 16.6. The van der Waals surface area contributed by atoms with Crippen molar-refractivity contribution in [3.63, 3.8) is 0 Å². The minimum absolute atomic E-state index is 0.0510. The van der Waals surface area contributed by atoms with Crippen LogP contribution in [0.1, 0.15) is 53.0 Å². The van der Waals surface area contributed by atoms with Gasteiger partial charge in [0.15, 0.2) is 5.78 Å². The average molecular weight is 426 g/mol. The summed E-state index contributed by atoms with van der Waals surface area (Å²) >= 11 is 0. The van der Waals surface area contributed by atoms with Gasteiger partial charge < -0.3 is 15.2 Å². The second kappa shape index (κ2) is 8.99. The largest absolute Gasteiger partial charge is 0.444 e. The fourth-order valence-electron chi connectivity index (χ4n) is 4.38. The molecule has 1 fully saturated rings. The Morgan fingerprint density at radius 1 is 1.10 bits per heavy atom. The van der Waals surface area contributed by atoms with E-state index in [1.54, 1.807) is 20.8 Å². The summed E-state index contributed by atoms with van der Waals surface area (Å²) in [5.41, 5.74) is 0.264. The number of ether oxygens (including phenoxy) is 1. The third-order valence-electron chi connectivity index (χ3n) is 6.20. The summed E-state index contributed by atoms with van der Waals surface area (Å²) in [4.78, 5) is 25.9. The molecule has 0 spiro atoms. The molecule has 0 aliphatic heterocycles. The molecular weight excluding hydrogens is 390 g/mol. The highest BCUT2D eigenvalue weighted by molar-refractivity contribution is 5.92. The topological polar surface area (TPSA) is 75.6 Å². The van der Waals surface area contributed by atoms with E-state index in [2.05, 4.69) is 31.3 Å². The number of ketones is 1. The van der Waals surface area contributed by atoms with Crippen LogP contribution in [0.15, 0.2) is 42.5 Å². The Labute approximate surface area is 185 Å². The molecule has 2 aromatic rings. The van der Waals surface area contributed by atoms with Crippen molar-refractivity contribution < 1.29 is 19.4 Å². The fraction of sp³-hybridized carbons (Fsp3) is 0.538. The Bertz CT molecular complexity index is 944. The SMILES string of the molecule is CC(C)(C)OC(=O)NC(Cc1ccc2ccccc2c1)C(=O)C1CC1C(C)(C)CCO. The van der Waals surface area contributed by atoms with Crippen molar-refractivity contribution in [3.8, 4) is 0 Å². The molecule has 1 saturated carbocycles. The lowest BCUT2D eigenvalue weighted by atomic mass is 9.82. The van der Waals surface area contributed by atoms with E-state index in [1.165, 1.54) is 0 Å². The summed E-state index contributed by atoms with van der Waals surface area (Å²) in [6.07, 6.45) is 1.32. The first-order valence-electron chi connectivity index (χ1n) is 11.1. The van der Waals surface area contributed by atoms with Gasteiger partial charge in [0.2, 0.25) is 0 Å². The van der Waals surface area contributed by atoms with Crippen LogP contribution in [0.3, 0.4) is 0 Å². The van der Waals surface area contributed by atoms with Gasteiger partial charge in [0.25, 0.3) is 0 Å². The second-order valence-corrected chi connectivity index (χ2v) is 10.4. The monoisotopic (exact) mass is 425 g/mol. The van der Waals surface area contributed by atoms with E-state index in [9.17, 15) is 14.7 Å². The number of nitrogens with one attached hydrogen (secondary N) is 1. The minimum atomic E-state index is -0.643. The smallest absolute Gasteiger partial charge is 0.408 e. The lowest BCUT2D eigenvalue weighted by Crippen LogP contribution is -2.45. The Morgan fingerprint density at radius 2 is 1.77 bits per heavy atom. The molecule has 2 aromatic carbocycles. The molecule has 0 heterocycles. The highest BCUT2D eigenvalue weighted by Crippen LogP contribution is 2.53. The summed E-state index contributed by atoms with van der Waals surface area (Å²) in [7, 11) is 0. The van der Waals surface area contributed by atoms with Crippen LogP contribution in [-0.2, 0) is 16.0 Å². The van der Waals surface area contributed by atoms with Crippen LogP contribution in [0.5, 0.6) is 0 Å². The summed E-state index contributed by atoms with van der Waals surface area (Å²) < 4.78 is 5.42. The van der Waals surface area contributed by atoms with Gasteiger partial charge in [0.05, 0.1) is 6.04 Å². The summed E-state index contributed by atoms with van der Waals surface area (Å²) in [6, 6.07) is 13.6. The Morgan fingerprint density at radius 3 is 2.42 bits per heavy atom. The standard InChI is InChI=1S/C26H35NO4/c1-25(2,3)31-24(30)27-22(23(29)20-16-21(20)26(4,5)12-13-28)15-17-10-11-18-8-6-7-9-19(18)14-17/h6-11,14,20-22,28H,12-13,15-16H2,1-5H3,(H,27,30). The molecule has 0 saturated heterocycles. The van der Waals surface area contributed by atoms with Gasteiger partial charge in [0.1, 0.15) is 5.60 Å². The molecule has 3 unspecified atom stereocenters. The molecule has 2 N–H and O–H groups in total. The van der Waals surface area contributed by atoms with Crippen molar-refractivity contribution in [2.45, 2.75) is 65.5 Å². The molecule has 0 radical (unpaired) electrons. The number of fused-ring (bicyclic) bond motifs is 1. The van der Waals surface area contributed by atoms with Crippen LogP contribution in [0.25, 0.3) is 10.8 Å². The normalized spacial score (nSPS) is 19.7. The van der Waals surface area contributed by atoms with Crippen LogP contribution in [0, 0.1) is 17.3 Å². The van der Waals surface area contributed by atoms with Crippen molar-refractivity contribution in [2.75, 3.05) is 6.61 Å². The molecule has 1 aliphatic rings. The van der Waals surface area contributed by atoms with Crippen LogP contribution in [0.2, 0.25) is 0 Å². The van der Waals surface area contributed by atoms with Gasteiger partial charge in [-0.3, -0.25) is 4.79 Å². The first-order chi connectivity index (χ1) is 14.5. The minimum Gasteiger partial charge on any atom is -0.444 e. The quantitative estimate of drug-likeness (QED) is 0.631. The number of hydrogen-bond acceptors (Lipinski definition) is 4. The second-order valence-electron chi connectivity index (χ2n) is 10.4. The molecule has 3 atom stereocenters. The van der Waals surface area contributed by atoms with Crippen LogP contribution in [0.4, 0.5) is 4.79 Å². The van der Waals surface area contributed by atoms with Crippen molar-refractivity contribution in [1.82, 2.24) is 5.32 Å². The van der Waals surface area contributed by atoms with Gasteiger partial charge in [0, 0.05) is 12.5 Å². The zero-order valence-electron chi connectivity index (χ0n) is 19.3. The zero-order valence-corrected chi connectivity index (χ0v) is 19.3. The third kappa shape index (κ3) is 6.07. The molecule has 5 nitrogen and oxygen atoms in total. The van der Waals surface area contributed by atoms with Crippen molar-refractivity contribution in [3.05, 3.63) is 48.0 Å². The van der Waals surface area contributed by atoms with Gasteiger partial charge in [-0.15, -0.1) is 0 Å². The maximum Gasteiger partial charge on any atom is 0.408 e. The molecule has 31 heavy (non-hydrogen) atoms. The van der Waals surface area contributed by atoms with E-state index in [0.29, 0.717) is 12.8 Å². The van der Waals surface area contributed by atoms with Gasteiger partial charge in [-0.1, -0.05) is 56.3 Å². The van der Waals surface area contributed by atoms with Gasteiger partial charge in [-0.05, 0) is 67.7 Å². The van der Waals surface area contributed by atoms with Gasteiger partial charge >= 0.3 is 6.09 Å². The number of benzene rings is 2. The highest BCUT2D eigenvalue weighted by Gasteiger charge is 2.52. The summed E-state index contributed by atoms with van der Waals surface area (Å²) in [5, 5.41) is 14.4. The van der Waals surface area contributed by atoms with Crippen LogP contribution in [-0.4, -0.2) is 35.2 Å². The lowest BCUT2D eigenvalue weighted by molar-refractivity contribution is -0.123. The van der Waals surface area contributed by atoms with E-state index < -0.39 is 17.7 Å². The number of amides is 1. The van der Waals surface area contributed by atoms with Gasteiger partial charge in [-0.2, -0.15) is 0 Å². The fourth-order valence-corrected chi connectivity index (χ4v) is 4.38. The molecule has 5 heteroatoms. The number of carbonyl (C=O) groups is 2. The maximum absolute atomic E-state index is 13.4. The number of rotatable bonds is 8. The van der Waals surface area contributed by atoms with E-state index in [1.807, 2.05) is 30.3 Å². The van der Waals surface area contributed by atoms with E-state index in [0.717, 1.165) is 22.8 Å². The van der Waals surface area contributed by atoms with E-state index >= 15 is 0 Å². The van der Waals surface area contributed by atoms with Gasteiger partial charge in [-0.25, -0.2) is 4.79 Å². The molecule has 1 aliphatic carbocycles. The van der Waals surface area contributed by atoms with Crippen molar-refractivity contribution in [1.29, 1.82) is 0 Å².